The minimum absolute atomic E-state index is 0.0119. The summed E-state index contributed by atoms with van der Waals surface area (Å²) in [6.07, 6.45) is 0. The summed E-state index contributed by atoms with van der Waals surface area (Å²) < 4.78 is 13.4. The smallest absolute Gasteiger partial charge is 0.258 e. The van der Waals surface area contributed by atoms with E-state index in [1.165, 1.54) is 12.1 Å². The van der Waals surface area contributed by atoms with Crippen LogP contribution in [-0.2, 0) is 0 Å². The minimum atomic E-state index is -0.789. The Morgan fingerprint density at radius 3 is 2.59 bits per heavy atom. The Labute approximate surface area is 99.1 Å². The molecule has 1 rings (SSSR count). The standard InChI is InChI=1S/C12H16FNO3/c1-7(2)9(6-15)14-12(17)11-8(13)4-3-5-10(11)16/h3-5,7,9,15-16H,6H2,1-2H3,(H,14,17)/t9-/m1/s1. The first-order valence-electron chi connectivity index (χ1n) is 5.36. The Hall–Kier alpha value is -1.62. The summed E-state index contributed by atoms with van der Waals surface area (Å²) >= 11 is 0. The van der Waals surface area contributed by atoms with Gasteiger partial charge in [-0.3, -0.25) is 4.79 Å². The SMILES string of the molecule is CC(C)[C@@H](CO)NC(=O)c1c(O)cccc1F. The zero-order chi connectivity index (χ0) is 13.0. The topological polar surface area (TPSA) is 69.6 Å². The summed E-state index contributed by atoms with van der Waals surface area (Å²) in [6, 6.07) is 3.17. The van der Waals surface area contributed by atoms with Gasteiger partial charge in [0.25, 0.3) is 5.91 Å². The molecule has 5 heteroatoms. The van der Waals surface area contributed by atoms with Crippen molar-refractivity contribution < 1.29 is 19.4 Å². The van der Waals surface area contributed by atoms with Crippen molar-refractivity contribution in [1.82, 2.24) is 5.32 Å². The number of aliphatic hydroxyl groups excluding tert-OH is 1. The molecule has 0 aliphatic carbocycles. The van der Waals surface area contributed by atoms with Gasteiger partial charge in [-0.05, 0) is 18.1 Å². The van der Waals surface area contributed by atoms with E-state index >= 15 is 0 Å². The fourth-order valence-electron chi connectivity index (χ4n) is 1.40. The molecule has 0 aromatic heterocycles. The van der Waals surface area contributed by atoms with E-state index < -0.39 is 29.1 Å². The van der Waals surface area contributed by atoms with Gasteiger partial charge in [0, 0.05) is 0 Å². The van der Waals surface area contributed by atoms with Gasteiger partial charge in [-0.2, -0.15) is 0 Å². The summed E-state index contributed by atoms with van der Waals surface area (Å²) in [5, 5.41) is 21.0. The molecule has 94 valence electrons. The summed E-state index contributed by atoms with van der Waals surface area (Å²) in [6.45, 7) is 3.41. The lowest BCUT2D eigenvalue weighted by Crippen LogP contribution is -2.41. The van der Waals surface area contributed by atoms with Gasteiger partial charge in [0.2, 0.25) is 0 Å². The summed E-state index contributed by atoms with van der Waals surface area (Å²) in [5.74, 6) is -1.92. The van der Waals surface area contributed by atoms with Crippen molar-refractivity contribution in [2.45, 2.75) is 19.9 Å². The molecule has 0 fully saturated rings. The van der Waals surface area contributed by atoms with Crippen molar-refractivity contribution in [2.75, 3.05) is 6.61 Å². The van der Waals surface area contributed by atoms with E-state index in [1.807, 2.05) is 13.8 Å². The predicted molar refractivity (Wildman–Crippen MR) is 61.2 cm³/mol. The molecule has 0 aliphatic heterocycles. The number of amides is 1. The van der Waals surface area contributed by atoms with E-state index in [-0.39, 0.29) is 12.5 Å². The highest BCUT2D eigenvalue weighted by atomic mass is 19.1. The van der Waals surface area contributed by atoms with Crippen molar-refractivity contribution in [3.63, 3.8) is 0 Å². The predicted octanol–water partition coefficient (Wildman–Crippen LogP) is 1.28. The molecule has 0 unspecified atom stereocenters. The summed E-state index contributed by atoms with van der Waals surface area (Å²) in [7, 11) is 0. The lowest BCUT2D eigenvalue weighted by molar-refractivity contribution is 0.0890. The second-order valence-corrected chi connectivity index (χ2v) is 4.14. The Bertz CT molecular complexity index is 386. The molecule has 0 radical (unpaired) electrons. The number of nitrogens with one attached hydrogen (secondary N) is 1. The van der Waals surface area contributed by atoms with E-state index in [0.29, 0.717) is 0 Å². The first kappa shape index (κ1) is 13.4. The monoisotopic (exact) mass is 241 g/mol. The normalized spacial score (nSPS) is 12.5. The number of rotatable bonds is 4. The van der Waals surface area contributed by atoms with Crippen LogP contribution in [-0.4, -0.2) is 28.8 Å². The van der Waals surface area contributed by atoms with Gasteiger partial charge in [-0.25, -0.2) is 4.39 Å². The van der Waals surface area contributed by atoms with Crippen molar-refractivity contribution in [3.05, 3.63) is 29.6 Å². The van der Waals surface area contributed by atoms with Gasteiger partial charge in [0.05, 0.1) is 12.6 Å². The third-order valence-corrected chi connectivity index (χ3v) is 2.54. The number of phenolic OH excluding ortho intramolecular Hbond substituents is 1. The van der Waals surface area contributed by atoms with Crippen molar-refractivity contribution in [3.8, 4) is 5.75 Å². The third-order valence-electron chi connectivity index (χ3n) is 2.54. The van der Waals surface area contributed by atoms with Crippen LogP contribution in [0.15, 0.2) is 18.2 Å². The van der Waals surface area contributed by atoms with Crippen molar-refractivity contribution >= 4 is 5.91 Å². The number of phenols is 1. The molecule has 1 aromatic carbocycles. The molecular formula is C12H16FNO3. The van der Waals surface area contributed by atoms with Gasteiger partial charge in [-0.15, -0.1) is 0 Å². The number of carbonyl (C=O) groups is 1. The van der Waals surface area contributed by atoms with E-state index in [1.54, 1.807) is 0 Å². The average molecular weight is 241 g/mol. The number of hydrogen-bond acceptors (Lipinski definition) is 3. The zero-order valence-electron chi connectivity index (χ0n) is 9.77. The lowest BCUT2D eigenvalue weighted by Gasteiger charge is -2.20. The highest BCUT2D eigenvalue weighted by Crippen LogP contribution is 2.19. The largest absolute Gasteiger partial charge is 0.507 e. The van der Waals surface area contributed by atoms with Gasteiger partial charge >= 0.3 is 0 Å². The molecular weight excluding hydrogens is 225 g/mol. The molecule has 4 nitrogen and oxygen atoms in total. The Morgan fingerprint density at radius 1 is 1.47 bits per heavy atom. The van der Waals surface area contributed by atoms with Crippen molar-refractivity contribution in [1.29, 1.82) is 0 Å². The van der Waals surface area contributed by atoms with Crippen LogP contribution in [0.4, 0.5) is 4.39 Å². The Kier molecular flexibility index (Phi) is 4.45. The molecule has 1 amide bonds. The van der Waals surface area contributed by atoms with Crippen LogP contribution in [0, 0.1) is 11.7 Å². The Morgan fingerprint density at radius 2 is 2.12 bits per heavy atom. The molecule has 0 spiro atoms. The maximum absolute atomic E-state index is 13.4. The lowest BCUT2D eigenvalue weighted by atomic mass is 10.0. The number of benzene rings is 1. The van der Waals surface area contributed by atoms with E-state index in [9.17, 15) is 14.3 Å². The average Bonchev–Trinajstić information content (AvgIpc) is 2.25. The van der Waals surface area contributed by atoms with Crippen LogP contribution in [0.5, 0.6) is 5.75 Å². The fraction of sp³-hybridized carbons (Fsp3) is 0.417. The first-order chi connectivity index (χ1) is 7.97. The van der Waals surface area contributed by atoms with Crippen LogP contribution < -0.4 is 5.32 Å². The maximum Gasteiger partial charge on any atom is 0.258 e. The molecule has 0 bridgehead atoms. The van der Waals surface area contributed by atoms with Crippen LogP contribution in [0.3, 0.4) is 0 Å². The second kappa shape index (κ2) is 5.63. The molecule has 0 saturated heterocycles. The van der Waals surface area contributed by atoms with E-state index in [4.69, 9.17) is 5.11 Å². The van der Waals surface area contributed by atoms with Crippen LogP contribution in [0.2, 0.25) is 0 Å². The fourth-order valence-corrected chi connectivity index (χ4v) is 1.40. The van der Waals surface area contributed by atoms with Crippen molar-refractivity contribution in [2.24, 2.45) is 5.92 Å². The molecule has 0 saturated carbocycles. The molecule has 1 atom stereocenters. The van der Waals surface area contributed by atoms with Gasteiger partial charge in [-0.1, -0.05) is 19.9 Å². The molecule has 17 heavy (non-hydrogen) atoms. The minimum Gasteiger partial charge on any atom is -0.507 e. The maximum atomic E-state index is 13.4. The number of carbonyl (C=O) groups excluding carboxylic acids is 1. The second-order valence-electron chi connectivity index (χ2n) is 4.14. The van der Waals surface area contributed by atoms with Crippen LogP contribution >= 0.6 is 0 Å². The summed E-state index contributed by atoms with van der Waals surface area (Å²) in [4.78, 5) is 11.7. The van der Waals surface area contributed by atoms with Crippen LogP contribution in [0.25, 0.3) is 0 Å². The summed E-state index contributed by atoms with van der Waals surface area (Å²) in [5.41, 5.74) is -0.397. The molecule has 3 N–H and O–H groups in total. The van der Waals surface area contributed by atoms with Gasteiger partial charge in [0.15, 0.2) is 0 Å². The van der Waals surface area contributed by atoms with E-state index in [0.717, 1.165) is 6.07 Å². The zero-order valence-corrected chi connectivity index (χ0v) is 9.77. The Balaban J connectivity index is 2.90. The highest BCUT2D eigenvalue weighted by Gasteiger charge is 2.21. The van der Waals surface area contributed by atoms with Gasteiger partial charge in [0.1, 0.15) is 17.1 Å². The molecule has 0 heterocycles. The number of aliphatic hydroxyl groups is 1. The first-order valence-corrected chi connectivity index (χ1v) is 5.36. The van der Waals surface area contributed by atoms with Gasteiger partial charge < -0.3 is 15.5 Å². The third kappa shape index (κ3) is 3.17. The van der Waals surface area contributed by atoms with Crippen LogP contribution in [0.1, 0.15) is 24.2 Å². The highest BCUT2D eigenvalue weighted by molar-refractivity contribution is 5.97. The van der Waals surface area contributed by atoms with E-state index in [2.05, 4.69) is 5.32 Å². The number of aromatic hydroxyl groups is 1. The number of halogens is 1. The quantitative estimate of drug-likeness (QED) is 0.743. The number of hydrogen-bond donors (Lipinski definition) is 3. The molecule has 0 aliphatic rings. The molecule has 1 aromatic rings.